The molecule has 0 aromatic heterocycles. The summed E-state index contributed by atoms with van der Waals surface area (Å²) in [6, 6.07) is 6.86. The summed E-state index contributed by atoms with van der Waals surface area (Å²) in [4.78, 5) is 0.268. The molecular weight excluding hydrogens is 236 g/mol. The minimum Gasteiger partial charge on any atom is -0.389 e. The van der Waals surface area contributed by atoms with Gasteiger partial charge in [-0.15, -0.1) is 0 Å². The van der Waals surface area contributed by atoms with Crippen LogP contribution in [0.1, 0.15) is 39.2 Å². The summed E-state index contributed by atoms with van der Waals surface area (Å²) in [5.74, 6) is 0.113. The van der Waals surface area contributed by atoms with E-state index < -0.39 is 15.4 Å². The van der Waals surface area contributed by atoms with E-state index in [4.69, 9.17) is 0 Å². The molecule has 0 saturated heterocycles. The minimum atomic E-state index is -3.41. The fourth-order valence-corrected chi connectivity index (χ4v) is 3.26. The normalized spacial score (nSPS) is 13.1. The van der Waals surface area contributed by atoms with E-state index in [9.17, 15) is 13.5 Å². The molecule has 4 heteroatoms. The molecule has 0 heterocycles. The maximum absolute atomic E-state index is 12.0. The first kappa shape index (κ1) is 14.2. The third-order valence-electron chi connectivity index (χ3n) is 2.45. The molecular formula is C13H20O3S. The highest BCUT2D eigenvalue weighted by Crippen LogP contribution is 2.20. The Morgan fingerprint density at radius 3 is 2.00 bits per heavy atom. The summed E-state index contributed by atoms with van der Waals surface area (Å²) in [6.45, 7) is 7.10. The first-order valence-electron chi connectivity index (χ1n) is 5.67. The van der Waals surface area contributed by atoms with Gasteiger partial charge in [-0.3, -0.25) is 0 Å². The molecule has 0 spiro atoms. The van der Waals surface area contributed by atoms with Crippen LogP contribution in [0, 0.1) is 0 Å². The van der Waals surface area contributed by atoms with Crippen LogP contribution in [0.25, 0.3) is 0 Å². The summed E-state index contributed by atoms with van der Waals surface area (Å²) >= 11 is 0. The molecule has 0 saturated carbocycles. The van der Waals surface area contributed by atoms with Gasteiger partial charge in [0.15, 0.2) is 9.84 Å². The highest BCUT2D eigenvalue weighted by molar-refractivity contribution is 7.91. The van der Waals surface area contributed by atoms with Crippen LogP contribution in [-0.4, -0.2) is 24.9 Å². The van der Waals surface area contributed by atoms with Crippen molar-refractivity contribution in [2.75, 3.05) is 5.75 Å². The molecule has 0 aliphatic carbocycles. The third-order valence-corrected chi connectivity index (χ3v) is 4.53. The Kier molecular flexibility index (Phi) is 3.99. The van der Waals surface area contributed by atoms with Crippen molar-refractivity contribution in [3.05, 3.63) is 29.8 Å². The van der Waals surface area contributed by atoms with E-state index in [0.29, 0.717) is 5.92 Å². The van der Waals surface area contributed by atoms with Crippen molar-refractivity contribution in [3.8, 4) is 0 Å². The molecule has 0 fully saturated rings. The van der Waals surface area contributed by atoms with Crippen molar-refractivity contribution < 1.29 is 13.5 Å². The summed E-state index contributed by atoms with van der Waals surface area (Å²) < 4.78 is 23.9. The molecule has 0 amide bonds. The first-order chi connectivity index (χ1) is 7.62. The van der Waals surface area contributed by atoms with E-state index in [1.807, 2.05) is 12.1 Å². The van der Waals surface area contributed by atoms with Crippen molar-refractivity contribution in [2.24, 2.45) is 0 Å². The molecule has 0 aliphatic heterocycles. The van der Waals surface area contributed by atoms with Crippen LogP contribution in [0.4, 0.5) is 0 Å². The van der Waals surface area contributed by atoms with Gasteiger partial charge in [0.05, 0.1) is 16.2 Å². The van der Waals surface area contributed by atoms with Crippen molar-refractivity contribution >= 4 is 9.84 Å². The lowest BCUT2D eigenvalue weighted by molar-refractivity contribution is 0.105. The smallest absolute Gasteiger partial charge is 0.181 e. The summed E-state index contributed by atoms with van der Waals surface area (Å²) in [5, 5.41) is 9.58. The zero-order valence-corrected chi connectivity index (χ0v) is 11.6. The van der Waals surface area contributed by atoms with Gasteiger partial charge in [-0.1, -0.05) is 26.0 Å². The number of benzene rings is 1. The van der Waals surface area contributed by atoms with Crippen LogP contribution in [0.2, 0.25) is 0 Å². The fourth-order valence-electron chi connectivity index (χ4n) is 1.61. The molecule has 96 valence electrons. The largest absolute Gasteiger partial charge is 0.389 e. The van der Waals surface area contributed by atoms with Gasteiger partial charge in [-0.25, -0.2) is 8.42 Å². The minimum absolute atomic E-state index is 0.263. The Hall–Kier alpha value is -0.870. The molecule has 0 unspecified atom stereocenters. The Morgan fingerprint density at radius 2 is 1.65 bits per heavy atom. The van der Waals surface area contributed by atoms with E-state index in [1.165, 1.54) is 13.8 Å². The van der Waals surface area contributed by atoms with Gasteiger partial charge in [0.2, 0.25) is 0 Å². The van der Waals surface area contributed by atoms with Gasteiger partial charge in [-0.05, 0) is 37.5 Å². The van der Waals surface area contributed by atoms with E-state index >= 15 is 0 Å². The van der Waals surface area contributed by atoms with Crippen LogP contribution in [0.3, 0.4) is 0 Å². The van der Waals surface area contributed by atoms with Crippen molar-refractivity contribution in [3.63, 3.8) is 0 Å². The molecule has 3 nitrogen and oxygen atoms in total. The Labute approximate surface area is 103 Å². The van der Waals surface area contributed by atoms with Gasteiger partial charge in [0, 0.05) is 0 Å². The average Bonchev–Trinajstić information content (AvgIpc) is 2.14. The summed E-state index contributed by atoms with van der Waals surface area (Å²) in [7, 11) is -3.41. The van der Waals surface area contributed by atoms with Gasteiger partial charge in [0.25, 0.3) is 0 Å². The van der Waals surface area contributed by atoms with Crippen LogP contribution in [0.15, 0.2) is 29.2 Å². The fraction of sp³-hybridized carbons (Fsp3) is 0.538. The number of hydrogen-bond donors (Lipinski definition) is 1. The van der Waals surface area contributed by atoms with Crippen LogP contribution in [0.5, 0.6) is 0 Å². The molecule has 0 radical (unpaired) electrons. The highest BCUT2D eigenvalue weighted by Gasteiger charge is 2.25. The zero-order valence-electron chi connectivity index (χ0n) is 10.8. The molecule has 1 aromatic carbocycles. The predicted molar refractivity (Wildman–Crippen MR) is 68.9 cm³/mol. The Morgan fingerprint density at radius 1 is 1.18 bits per heavy atom. The third kappa shape index (κ3) is 4.13. The molecule has 0 bridgehead atoms. The second-order valence-corrected chi connectivity index (χ2v) is 7.28. The van der Waals surface area contributed by atoms with Crippen molar-refractivity contribution in [1.82, 2.24) is 0 Å². The topological polar surface area (TPSA) is 54.4 Å². The number of aliphatic hydroxyl groups is 1. The second kappa shape index (κ2) is 4.78. The lowest BCUT2D eigenvalue weighted by Crippen LogP contribution is -2.30. The van der Waals surface area contributed by atoms with Gasteiger partial charge >= 0.3 is 0 Å². The quantitative estimate of drug-likeness (QED) is 0.899. The second-order valence-electron chi connectivity index (χ2n) is 5.30. The lowest BCUT2D eigenvalue weighted by Gasteiger charge is -2.17. The van der Waals surface area contributed by atoms with Crippen LogP contribution in [-0.2, 0) is 9.84 Å². The zero-order chi connectivity index (χ0) is 13.3. The van der Waals surface area contributed by atoms with Crippen LogP contribution < -0.4 is 0 Å². The average molecular weight is 256 g/mol. The summed E-state index contributed by atoms with van der Waals surface area (Å²) in [6.07, 6.45) is 0. The van der Waals surface area contributed by atoms with E-state index in [0.717, 1.165) is 5.56 Å². The highest BCUT2D eigenvalue weighted by atomic mass is 32.2. The predicted octanol–water partition coefficient (Wildman–Crippen LogP) is 2.35. The summed E-state index contributed by atoms with van der Waals surface area (Å²) in [5.41, 5.74) is -0.109. The SMILES string of the molecule is CC(C)c1ccc(S(=O)(=O)CC(C)(C)O)cc1. The molecule has 0 aliphatic rings. The van der Waals surface area contributed by atoms with Gasteiger partial charge in [-0.2, -0.15) is 0 Å². The standard InChI is InChI=1S/C13H20O3S/c1-10(2)11-5-7-12(8-6-11)17(15,16)9-13(3,4)14/h5-8,10,14H,9H2,1-4H3. The molecule has 17 heavy (non-hydrogen) atoms. The van der Waals surface area contributed by atoms with Gasteiger partial charge < -0.3 is 5.11 Å². The molecule has 0 atom stereocenters. The van der Waals surface area contributed by atoms with Crippen molar-refractivity contribution in [1.29, 1.82) is 0 Å². The van der Waals surface area contributed by atoms with E-state index in [1.54, 1.807) is 12.1 Å². The number of hydrogen-bond acceptors (Lipinski definition) is 3. The molecule has 1 rings (SSSR count). The van der Waals surface area contributed by atoms with Crippen LogP contribution >= 0.6 is 0 Å². The lowest BCUT2D eigenvalue weighted by atomic mass is 10.0. The Balaban J connectivity index is 3.01. The van der Waals surface area contributed by atoms with E-state index in [2.05, 4.69) is 13.8 Å². The molecule has 1 N–H and O–H groups in total. The van der Waals surface area contributed by atoms with Crippen molar-refractivity contribution in [2.45, 2.75) is 44.1 Å². The van der Waals surface area contributed by atoms with Gasteiger partial charge in [0.1, 0.15) is 0 Å². The first-order valence-corrected chi connectivity index (χ1v) is 7.32. The molecule has 1 aromatic rings. The Bertz CT molecular complexity index is 464. The maximum atomic E-state index is 12.0. The number of rotatable bonds is 4. The maximum Gasteiger partial charge on any atom is 0.181 e. The number of sulfone groups is 1. The monoisotopic (exact) mass is 256 g/mol. The van der Waals surface area contributed by atoms with E-state index in [-0.39, 0.29) is 10.6 Å².